The lowest BCUT2D eigenvalue weighted by molar-refractivity contribution is 0.0863. The van der Waals surface area contributed by atoms with Gasteiger partial charge in [-0.05, 0) is 12.8 Å². The number of methoxy groups -OCH3 is 1. The van der Waals surface area contributed by atoms with Crippen molar-refractivity contribution in [2.24, 2.45) is 0 Å². The van der Waals surface area contributed by atoms with Crippen molar-refractivity contribution in [3.8, 4) is 12.1 Å². The molecule has 68 valence electrons. The summed E-state index contributed by atoms with van der Waals surface area (Å²) in [5.41, 5.74) is 0.00870. The fourth-order valence-electron chi connectivity index (χ4n) is 1.31. The van der Waals surface area contributed by atoms with Gasteiger partial charge < -0.3 is 9.47 Å². The second-order valence-corrected chi connectivity index (χ2v) is 2.67. The van der Waals surface area contributed by atoms with Crippen molar-refractivity contribution in [1.82, 2.24) is 0 Å². The maximum Gasteiger partial charge on any atom is 0.169 e. The lowest BCUT2D eigenvalue weighted by atomic mass is 10.1. The van der Waals surface area contributed by atoms with Gasteiger partial charge in [0.15, 0.2) is 11.3 Å². The van der Waals surface area contributed by atoms with E-state index in [9.17, 15) is 0 Å². The Bertz CT molecular complexity index is 274. The Kier molecular flexibility index (Phi) is 3.31. The normalized spacial score (nSPS) is 20.1. The summed E-state index contributed by atoms with van der Waals surface area (Å²) in [5, 5.41) is 17.2. The van der Waals surface area contributed by atoms with Gasteiger partial charge >= 0.3 is 0 Å². The molecule has 0 bridgehead atoms. The molecule has 4 nitrogen and oxygen atoms in total. The SMILES string of the molecule is COC(=C(C#N)C#N)[C@H]1CCCO1. The van der Waals surface area contributed by atoms with Crippen molar-refractivity contribution in [2.75, 3.05) is 13.7 Å². The summed E-state index contributed by atoms with van der Waals surface area (Å²) in [5.74, 6) is 0.363. The summed E-state index contributed by atoms with van der Waals surface area (Å²) < 4.78 is 10.3. The largest absolute Gasteiger partial charge is 0.496 e. The summed E-state index contributed by atoms with van der Waals surface area (Å²) in [6.45, 7) is 0.668. The number of hydrogen-bond donors (Lipinski definition) is 0. The minimum Gasteiger partial charge on any atom is -0.496 e. The number of ether oxygens (including phenoxy) is 2. The predicted molar refractivity (Wildman–Crippen MR) is 44.2 cm³/mol. The molecule has 1 aliphatic rings. The van der Waals surface area contributed by atoms with Crippen molar-refractivity contribution < 1.29 is 9.47 Å². The lowest BCUT2D eigenvalue weighted by Crippen LogP contribution is -2.12. The van der Waals surface area contributed by atoms with Crippen molar-refractivity contribution in [1.29, 1.82) is 10.5 Å². The molecule has 1 atom stereocenters. The molecule has 0 aromatic heterocycles. The maximum atomic E-state index is 8.62. The Morgan fingerprint density at radius 2 is 2.15 bits per heavy atom. The average Bonchev–Trinajstić information content (AvgIpc) is 2.66. The summed E-state index contributed by atoms with van der Waals surface area (Å²) in [7, 11) is 1.45. The fourth-order valence-corrected chi connectivity index (χ4v) is 1.31. The summed E-state index contributed by atoms with van der Waals surface area (Å²) >= 11 is 0. The van der Waals surface area contributed by atoms with E-state index in [1.165, 1.54) is 7.11 Å². The second kappa shape index (κ2) is 4.49. The Balaban J connectivity index is 2.89. The molecular weight excluding hydrogens is 168 g/mol. The Morgan fingerprint density at radius 1 is 1.46 bits per heavy atom. The van der Waals surface area contributed by atoms with Crippen LogP contribution in [0, 0.1) is 22.7 Å². The van der Waals surface area contributed by atoms with E-state index in [0.29, 0.717) is 12.4 Å². The van der Waals surface area contributed by atoms with E-state index in [0.717, 1.165) is 12.8 Å². The highest BCUT2D eigenvalue weighted by Gasteiger charge is 2.24. The van der Waals surface area contributed by atoms with Crippen LogP contribution in [0.5, 0.6) is 0 Å². The molecule has 4 heteroatoms. The molecule has 1 heterocycles. The van der Waals surface area contributed by atoms with Gasteiger partial charge in [-0.2, -0.15) is 10.5 Å². The summed E-state index contributed by atoms with van der Waals surface area (Å²) in [6.07, 6.45) is 1.55. The van der Waals surface area contributed by atoms with Gasteiger partial charge in [-0.3, -0.25) is 0 Å². The first-order valence-corrected chi connectivity index (χ1v) is 4.03. The third-order valence-electron chi connectivity index (χ3n) is 1.91. The molecule has 0 amide bonds. The van der Waals surface area contributed by atoms with E-state index in [-0.39, 0.29) is 11.7 Å². The molecule has 1 rings (SSSR count). The molecule has 0 spiro atoms. The van der Waals surface area contributed by atoms with E-state index in [1.54, 1.807) is 12.1 Å². The molecule has 13 heavy (non-hydrogen) atoms. The van der Waals surface area contributed by atoms with Gasteiger partial charge in [0.2, 0.25) is 0 Å². The van der Waals surface area contributed by atoms with Gasteiger partial charge in [-0.1, -0.05) is 0 Å². The first-order chi connectivity index (χ1) is 6.33. The summed E-state index contributed by atoms with van der Waals surface area (Å²) in [6, 6.07) is 3.59. The van der Waals surface area contributed by atoms with Crippen molar-refractivity contribution >= 4 is 0 Å². The van der Waals surface area contributed by atoms with E-state index < -0.39 is 0 Å². The zero-order valence-corrected chi connectivity index (χ0v) is 7.41. The monoisotopic (exact) mass is 178 g/mol. The van der Waals surface area contributed by atoms with E-state index in [4.69, 9.17) is 20.0 Å². The molecular formula is C9H10N2O2. The van der Waals surface area contributed by atoms with Gasteiger partial charge in [-0.15, -0.1) is 0 Å². The van der Waals surface area contributed by atoms with Crippen LogP contribution < -0.4 is 0 Å². The van der Waals surface area contributed by atoms with Gasteiger partial charge in [0.25, 0.3) is 0 Å². The first-order valence-electron chi connectivity index (χ1n) is 4.03. The third-order valence-corrected chi connectivity index (χ3v) is 1.91. The highest BCUT2D eigenvalue weighted by atomic mass is 16.5. The van der Waals surface area contributed by atoms with Crippen LogP contribution in [-0.4, -0.2) is 19.8 Å². The Morgan fingerprint density at radius 3 is 2.54 bits per heavy atom. The van der Waals surface area contributed by atoms with Crippen LogP contribution in [0.4, 0.5) is 0 Å². The highest BCUT2D eigenvalue weighted by molar-refractivity contribution is 5.39. The van der Waals surface area contributed by atoms with Crippen molar-refractivity contribution in [3.05, 3.63) is 11.3 Å². The number of hydrogen-bond acceptors (Lipinski definition) is 4. The smallest absolute Gasteiger partial charge is 0.169 e. The topological polar surface area (TPSA) is 66.0 Å². The van der Waals surface area contributed by atoms with Gasteiger partial charge in [0.1, 0.15) is 18.2 Å². The summed E-state index contributed by atoms with van der Waals surface area (Å²) in [4.78, 5) is 0. The zero-order valence-electron chi connectivity index (χ0n) is 7.41. The lowest BCUT2D eigenvalue weighted by Gasteiger charge is -2.12. The van der Waals surface area contributed by atoms with E-state index >= 15 is 0 Å². The molecule has 1 fully saturated rings. The highest BCUT2D eigenvalue weighted by Crippen LogP contribution is 2.22. The minimum atomic E-state index is -0.209. The van der Waals surface area contributed by atoms with Gasteiger partial charge in [0, 0.05) is 6.61 Å². The van der Waals surface area contributed by atoms with Crippen LogP contribution in [0.3, 0.4) is 0 Å². The molecule has 0 radical (unpaired) electrons. The van der Waals surface area contributed by atoms with Gasteiger partial charge in [0.05, 0.1) is 7.11 Å². The van der Waals surface area contributed by atoms with E-state index in [2.05, 4.69) is 0 Å². The molecule has 0 aliphatic carbocycles. The number of nitrogens with zero attached hydrogens (tertiary/aromatic N) is 2. The minimum absolute atomic E-state index is 0.00870. The Hall–Kier alpha value is -1.52. The molecule has 1 saturated heterocycles. The molecule has 1 aliphatic heterocycles. The molecule has 0 aromatic carbocycles. The molecule has 0 saturated carbocycles. The second-order valence-electron chi connectivity index (χ2n) is 2.67. The van der Waals surface area contributed by atoms with Crippen LogP contribution in [0.25, 0.3) is 0 Å². The predicted octanol–water partition coefficient (Wildman–Crippen LogP) is 1.11. The van der Waals surface area contributed by atoms with Crippen LogP contribution >= 0.6 is 0 Å². The first kappa shape index (κ1) is 9.57. The number of nitriles is 2. The number of allylic oxidation sites excluding steroid dienone is 1. The zero-order chi connectivity index (χ0) is 9.68. The van der Waals surface area contributed by atoms with E-state index in [1.807, 2.05) is 0 Å². The quantitative estimate of drug-likeness (QED) is 0.469. The molecule has 0 aromatic rings. The number of rotatable bonds is 2. The fraction of sp³-hybridized carbons (Fsp3) is 0.556. The van der Waals surface area contributed by atoms with Crippen molar-refractivity contribution in [2.45, 2.75) is 18.9 Å². The van der Waals surface area contributed by atoms with Crippen molar-refractivity contribution in [3.63, 3.8) is 0 Å². The molecule has 0 unspecified atom stereocenters. The van der Waals surface area contributed by atoms with Crippen LogP contribution in [-0.2, 0) is 9.47 Å². The van der Waals surface area contributed by atoms with Gasteiger partial charge in [-0.25, -0.2) is 0 Å². The maximum absolute atomic E-state index is 8.62. The standard InChI is InChI=1S/C9H10N2O2/c1-12-9(7(5-10)6-11)8-3-2-4-13-8/h8H,2-4H2,1H3/t8-/m1/s1. The van der Waals surface area contributed by atoms with Crippen LogP contribution in [0.15, 0.2) is 11.3 Å². The van der Waals surface area contributed by atoms with Crippen LogP contribution in [0.2, 0.25) is 0 Å². The third kappa shape index (κ3) is 1.99. The Labute approximate surface area is 77.0 Å². The van der Waals surface area contributed by atoms with Crippen LogP contribution in [0.1, 0.15) is 12.8 Å². The average molecular weight is 178 g/mol. The molecule has 0 N–H and O–H groups in total.